The number of anilines is 1. The van der Waals surface area contributed by atoms with E-state index in [0.29, 0.717) is 24.3 Å². The Morgan fingerprint density at radius 3 is 2.55 bits per heavy atom. The third-order valence-corrected chi connectivity index (χ3v) is 5.64. The first-order valence-electron chi connectivity index (χ1n) is 6.57. The van der Waals surface area contributed by atoms with Gasteiger partial charge in [-0.3, -0.25) is 4.31 Å². The summed E-state index contributed by atoms with van der Waals surface area (Å²) in [6, 6.07) is 6.96. The smallest absolute Gasteiger partial charge is 0.303 e. The lowest BCUT2D eigenvalue weighted by Crippen LogP contribution is -2.44. The highest BCUT2D eigenvalue weighted by atomic mass is 32.2. The summed E-state index contributed by atoms with van der Waals surface area (Å²) in [7, 11) is -1.92. The molecular formula is C13H19N3O2S2. The lowest BCUT2D eigenvalue weighted by molar-refractivity contribution is 0.346. The second-order valence-electron chi connectivity index (χ2n) is 4.85. The maximum atomic E-state index is 12.6. The molecule has 1 aromatic carbocycles. The van der Waals surface area contributed by atoms with Crippen LogP contribution in [0.5, 0.6) is 0 Å². The fourth-order valence-corrected chi connectivity index (χ4v) is 3.83. The predicted octanol–water partition coefficient (Wildman–Crippen LogP) is 1.49. The van der Waals surface area contributed by atoms with Crippen LogP contribution in [0.4, 0.5) is 5.69 Å². The standard InChI is InChI=1S/C13H19N3O2S2/c1-15(12-7-5-6-11(10-12)13(14)19)20(17,18)16-8-3-2-4-9-16/h5-7,10H,2-4,8-9H2,1H3,(H2,14,19). The van der Waals surface area contributed by atoms with Crippen LogP contribution >= 0.6 is 12.2 Å². The summed E-state index contributed by atoms with van der Waals surface area (Å²) >= 11 is 4.93. The lowest BCUT2D eigenvalue weighted by atomic mass is 10.2. The predicted molar refractivity (Wildman–Crippen MR) is 85.1 cm³/mol. The third kappa shape index (κ3) is 3.11. The molecule has 1 heterocycles. The topological polar surface area (TPSA) is 66.6 Å². The minimum absolute atomic E-state index is 0.260. The highest BCUT2D eigenvalue weighted by Crippen LogP contribution is 2.22. The summed E-state index contributed by atoms with van der Waals surface area (Å²) in [5.74, 6) is 0. The molecular weight excluding hydrogens is 294 g/mol. The zero-order chi connectivity index (χ0) is 14.8. The van der Waals surface area contributed by atoms with Gasteiger partial charge in [0, 0.05) is 25.7 Å². The van der Waals surface area contributed by atoms with Crippen molar-refractivity contribution >= 4 is 33.1 Å². The van der Waals surface area contributed by atoms with E-state index in [-0.39, 0.29) is 4.99 Å². The second kappa shape index (κ2) is 6.07. The van der Waals surface area contributed by atoms with Gasteiger partial charge in [0.25, 0.3) is 0 Å². The molecule has 1 aliphatic rings. The van der Waals surface area contributed by atoms with Gasteiger partial charge in [0.05, 0.1) is 5.69 Å². The van der Waals surface area contributed by atoms with Gasteiger partial charge in [-0.25, -0.2) is 0 Å². The number of nitrogens with zero attached hydrogens (tertiary/aromatic N) is 2. The van der Waals surface area contributed by atoms with Crippen LogP contribution in [0.3, 0.4) is 0 Å². The molecule has 0 spiro atoms. The van der Waals surface area contributed by atoms with E-state index in [4.69, 9.17) is 18.0 Å². The number of hydrogen-bond acceptors (Lipinski definition) is 3. The normalized spacial score (nSPS) is 16.9. The van der Waals surface area contributed by atoms with Crippen molar-refractivity contribution in [1.82, 2.24) is 4.31 Å². The Morgan fingerprint density at radius 2 is 1.95 bits per heavy atom. The molecule has 5 nitrogen and oxygen atoms in total. The molecule has 20 heavy (non-hydrogen) atoms. The monoisotopic (exact) mass is 313 g/mol. The SMILES string of the molecule is CN(c1cccc(C(N)=S)c1)S(=O)(=O)N1CCCCC1. The van der Waals surface area contributed by atoms with Gasteiger partial charge in [0.15, 0.2) is 0 Å². The molecule has 1 aliphatic heterocycles. The quantitative estimate of drug-likeness (QED) is 0.855. The number of thiocarbonyl (C=S) groups is 1. The summed E-state index contributed by atoms with van der Waals surface area (Å²) in [5, 5.41) is 0. The largest absolute Gasteiger partial charge is 0.389 e. The Bertz CT molecular complexity index is 595. The van der Waals surface area contributed by atoms with Crippen molar-refractivity contribution in [2.45, 2.75) is 19.3 Å². The molecule has 2 N–H and O–H groups in total. The Labute approximate surface area is 125 Å². The van der Waals surface area contributed by atoms with Gasteiger partial charge >= 0.3 is 10.2 Å². The van der Waals surface area contributed by atoms with Crippen LogP contribution in [-0.4, -0.2) is 37.8 Å². The molecule has 0 unspecified atom stereocenters. The lowest BCUT2D eigenvalue weighted by Gasteiger charge is -2.31. The molecule has 7 heteroatoms. The average Bonchev–Trinajstić information content (AvgIpc) is 2.47. The van der Waals surface area contributed by atoms with Gasteiger partial charge in [-0.15, -0.1) is 0 Å². The fourth-order valence-electron chi connectivity index (χ4n) is 2.26. The van der Waals surface area contributed by atoms with Crippen LogP contribution < -0.4 is 10.0 Å². The van der Waals surface area contributed by atoms with Gasteiger partial charge in [0.1, 0.15) is 4.99 Å². The van der Waals surface area contributed by atoms with Gasteiger partial charge in [0.2, 0.25) is 0 Å². The van der Waals surface area contributed by atoms with E-state index in [0.717, 1.165) is 19.3 Å². The van der Waals surface area contributed by atoms with E-state index in [2.05, 4.69) is 0 Å². The Hall–Kier alpha value is -1.18. The van der Waals surface area contributed by atoms with Crippen LogP contribution in [0, 0.1) is 0 Å². The van der Waals surface area contributed by atoms with Crippen molar-refractivity contribution < 1.29 is 8.42 Å². The second-order valence-corrected chi connectivity index (χ2v) is 7.25. The molecule has 0 saturated carbocycles. The van der Waals surface area contributed by atoms with Crippen molar-refractivity contribution in [2.75, 3.05) is 24.4 Å². The molecule has 0 atom stereocenters. The van der Waals surface area contributed by atoms with Gasteiger partial charge in [-0.05, 0) is 25.0 Å². The van der Waals surface area contributed by atoms with Gasteiger partial charge in [-0.1, -0.05) is 30.8 Å². The first kappa shape index (κ1) is 15.2. The molecule has 1 saturated heterocycles. The molecule has 0 bridgehead atoms. The van der Waals surface area contributed by atoms with E-state index >= 15 is 0 Å². The van der Waals surface area contributed by atoms with E-state index < -0.39 is 10.2 Å². The molecule has 0 aliphatic carbocycles. The van der Waals surface area contributed by atoms with Crippen molar-refractivity contribution in [2.24, 2.45) is 5.73 Å². The number of benzene rings is 1. The average molecular weight is 313 g/mol. The van der Waals surface area contributed by atoms with Crippen molar-refractivity contribution in [1.29, 1.82) is 0 Å². The van der Waals surface area contributed by atoms with E-state index in [1.807, 2.05) is 0 Å². The first-order valence-corrected chi connectivity index (χ1v) is 8.37. The summed E-state index contributed by atoms with van der Waals surface area (Å²) in [6.07, 6.45) is 2.92. The Morgan fingerprint density at radius 1 is 1.30 bits per heavy atom. The van der Waals surface area contributed by atoms with Crippen LogP contribution in [0.1, 0.15) is 24.8 Å². The van der Waals surface area contributed by atoms with Crippen LogP contribution in [0.2, 0.25) is 0 Å². The molecule has 2 rings (SSSR count). The van der Waals surface area contributed by atoms with Crippen molar-refractivity contribution in [3.8, 4) is 0 Å². The minimum atomic E-state index is -3.47. The van der Waals surface area contributed by atoms with E-state index in [9.17, 15) is 8.42 Å². The maximum absolute atomic E-state index is 12.6. The molecule has 0 amide bonds. The van der Waals surface area contributed by atoms with Crippen molar-refractivity contribution in [3.05, 3.63) is 29.8 Å². The maximum Gasteiger partial charge on any atom is 0.303 e. The fraction of sp³-hybridized carbons (Fsp3) is 0.462. The van der Waals surface area contributed by atoms with Crippen LogP contribution in [0.15, 0.2) is 24.3 Å². The molecule has 1 fully saturated rings. The van der Waals surface area contributed by atoms with Gasteiger partial charge < -0.3 is 5.73 Å². The summed E-state index contributed by atoms with van der Waals surface area (Å²) in [6.45, 7) is 1.17. The Kier molecular flexibility index (Phi) is 4.62. The van der Waals surface area contributed by atoms with Crippen LogP contribution in [0.25, 0.3) is 0 Å². The minimum Gasteiger partial charge on any atom is -0.389 e. The summed E-state index contributed by atoms with van der Waals surface area (Å²) in [4.78, 5) is 0.260. The highest BCUT2D eigenvalue weighted by molar-refractivity contribution is 7.90. The zero-order valence-electron chi connectivity index (χ0n) is 11.4. The Balaban J connectivity index is 2.27. The van der Waals surface area contributed by atoms with Gasteiger partial charge in [-0.2, -0.15) is 12.7 Å². The van der Waals surface area contributed by atoms with Crippen molar-refractivity contribution in [3.63, 3.8) is 0 Å². The number of hydrogen-bond donors (Lipinski definition) is 1. The van der Waals surface area contributed by atoms with E-state index in [1.54, 1.807) is 31.3 Å². The zero-order valence-corrected chi connectivity index (χ0v) is 13.1. The van der Waals surface area contributed by atoms with E-state index in [1.165, 1.54) is 8.61 Å². The number of nitrogens with two attached hydrogens (primary N) is 1. The summed E-state index contributed by atoms with van der Waals surface area (Å²) in [5.41, 5.74) is 6.82. The number of rotatable bonds is 4. The molecule has 1 aromatic rings. The molecule has 110 valence electrons. The first-order chi connectivity index (χ1) is 9.43. The third-order valence-electron chi connectivity index (χ3n) is 3.48. The molecule has 0 radical (unpaired) electrons. The summed E-state index contributed by atoms with van der Waals surface area (Å²) < 4.78 is 27.9. The number of piperidine rings is 1. The molecule has 0 aromatic heterocycles. The highest BCUT2D eigenvalue weighted by Gasteiger charge is 2.28. The van der Waals surface area contributed by atoms with Crippen LogP contribution in [-0.2, 0) is 10.2 Å².